The summed E-state index contributed by atoms with van der Waals surface area (Å²) >= 11 is 0. The lowest BCUT2D eigenvalue weighted by Gasteiger charge is -2.21. The summed E-state index contributed by atoms with van der Waals surface area (Å²) in [6.45, 7) is 3.30. The first kappa shape index (κ1) is 11.9. The third-order valence-electron chi connectivity index (χ3n) is 2.87. The van der Waals surface area contributed by atoms with E-state index in [9.17, 15) is 9.18 Å². The summed E-state index contributed by atoms with van der Waals surface area (Å²) in [7, 11) is 0. The van der Waals surface area contributed by atoms with E-state index >= 15 is 0 Å². The lowest BCUT2D eigenvalue weighted by atomic mass is 10.3. The molecule has 3 nitrogen and oxygen atoms in total. The molecular formula is C13H16FNO2. The number of ether oxygens (including phenoxy) is 1. The first-order valence-electron chi connectivity index (χ1n) is 5.88. The maximum atomic E-state index is 12.9. The molecule has 1 heterocycles. The summed E-state index contributed by atoms with van der Waals surface area (Å²) in [5.74, 6) is 0.0140. The van der Waals surface area contributed by atoms with Crippen LogP contribution in [0.1, 0.15) is 19.8 Å². The largest absolute Gasteiger partial charge is 0.481 e. The highest BCUT2D eigenvalue weighted by Gasteiger charge is 2.24. The van der Waals surface area contributed by atoms with Gasteiger partial charge in [-0.2, -0.15) is 0 Å². The lowest BCUT2D eigenvalue weighted by Crippen LogP contribution is -2.38. The van der Waals surface area contributed by atoms with Gasteiger partial charge in [-0.25, -0.2) is 4.39 Å². The molecule has 1 fully saturated rings. The summed E-state index contributed by atoms with van der Waals surface area (Å²) in [4.78, 5) is 13.7. The van der Waals surface area contributed by atoms with Crippen molar-refractivity contribution in [3.8, 4) is 5.75 Å². The lowest BCUT2D eigenvalue weighted by molar-refractivity contribution is -0.136. The number of halogens is 1. The van der Waals surface area contributed by atoms with Crippen molar-refractivity contribution in [1.82, 2.24) is 4.90 Å². The van der Waals surface area contributed by atoms with Crippen molar-refractivity contribution < 1.29 is 13.9 Å². The van der Waals surface area contributed by atoms with Crippen LogP contribution < -0.4 is 4.74 Å². The molecule has 17 heavy (non-hydrogen) atoms. The molecule has 0 spiro atoms. The summed E-state index contributed by atoms with van der Waals surface area (Å²) < 4.78 is 18.4. The van der Waals surface area contributed by atoms with Crippen molar-refractivity contribution >= 4 is 5.91 Å². The number of hydrogen-bond acceptors (Lipinski definition) is 2. The monoisotopic (exact) mass is 237 g/mol. The topological polar surface area (TPSA) is 29.5 Å². The van der Waals surface area contributed by atoms with E-state index in [-0.39, 0.29) is 11.7 Å². The van der Waals surface area contributed by atoms with Gasteiger partial charge in [0.15, 0.2) is 6.10 Å². The smallest absolute Gasteiger partial charge is 0.263 e. The first-order chi connectivity index (χ1) is 8.16. The number of benzene rings is 1. The minimum absolute atomic E-state index is 0.0215. The number of nitrogens with zero attached hydrogens (tertiary/aromatic N) is 1. The second kappa shape index (κ2) is 5.17. The van der Waals surface area contributed by atoms with Crippen LogP contribution in [0, 0.1) is 5.82 Å². The molecule has 4 heteroatoms. The Morgan fingerprint density at radius 1 is 1.41 bits per heavy atom. The molecule has 1 aromatic carbocycles. The van der Waals surface area contributed by atoms with Crippen molar-refractivity contribution in [2.24, 2.45) is 0 Å². The molecule has 0 aliphatic carbocycles. The third-order valence-corrected chi connectivity index (χ3v) is 2.87. The van der Waals surface area contributed by atoms with Crippen LogP contribution in [-0.2, 0) is 4.79 Å². The Morgan fingerprint density at radius 2 is 2.12 bits per heavy atom. The quantitative estimate of drug-likeness (QED) is 0.806. The minimum Gasteiger partial charge on any atom is -0.481 e. The van der Waals surface area contributed by atoms with E-state index in [2.05, 4.69) is 0 Å². The first-order valence-corrected chi connectivity index (χ1v) is 5.88. The van der Waals surface area contributed by atoms with Gasteiger partial charge >= 0.3 is 0 Å². The highest BCUT2D eigenvalue weighted by Crippen LogP contribution is 2.16. The maximum absolute atomic E-state index is 12.9. The van der Waals surface area contributed by atoms with Crippen molar-refractivity contribution in [2.45, 2.75) is 25.9 Å². The van der Waals surface area contributed by atoms with Crippen LogP contribution in [0.25, 0.3) is 0 Å². The van der Waals surface area contributed by atoms with Crippen molar-refractivity contribution in [3.05, 3.63) is 30.1 Å². The van der Waals surface area contributed by atoms with Crippen LogP contribution in [0.3, 0.4) is 0 Å². The Kier molecular flexibility index (Phi) is 3.61. The van der Waals surface area contributed by atoms with E-state index in [0.717, 1.165) is 25.9 Å². The Hall–Kier alpha value is -1.58. The Morgan fingerprint density at radius 3 is 2.76 bits per heavy atom. The predicted molar refractivity (Wildman–Crippen MR) is 62.3 cm³/mol. The number of carbonyl (C=O) groups is 1. The van der Waals surface area contributed by atoms with E-state index in [1.165, 1.54) is 12.1 Å². The zero-order valence-electron chi connectivity index (χ0n) is 9.86. The predicted octanol–water partition coefficient (Wildman–Crippen LogP) is 2.22. The van der Waals surface area contributed by atoms with E-state index in [1.54, 1.807) is 24.0 Å². The van der Waals surface area contributed by atoms with E-state index in [4.69, 9.17) is 4.74 Å². The van der Waals surface area contributed by atoms with Gasteiger partial charge in [0.25, 0.3) is 5.91 Å². The number of hydrogen-bond donors (Lipinski definition) is 0. The Balaban J connectivity index is 1.96. The molecule has 0 bridgehead atoms. The molecule has 1 saturated heterocycles. The van der Waals surface area contributed by atoms with Crippen molar-refractivity contribution in [3.63, 3.8) is 0 Å². The number of amides is 1. The second-order valence-corrected chi connectivity index (χ2v) is 4.25. The molecular weight excluding hydrogens is 221 g/mol. The molecule has 1 atom stereocenters. The zero-order chi connectivity index (χ0) is 12.3. The molecule has 0 unspecified atom stereocenters. The molecule has 0 radical (unpaired) electrons. The van der Waals surface area contributed by atoms with E-state index < -0.39 is 6.10 Å². The van der Waals surface area contributed by atoms with Gasteiger partial charge in [0.2, 0.25) is 0 Å². The van der Waals surface area contributed by atoms with Gasteiger partial charge in [0.05, 0.1) is 0 Å². The van der Waals surface area contributed by atoms with Gasteiger partial charge in [-0.3, -0.25) is 4.79 Å². The average Bonchev–Trinajstić information content (AvgIpc) is 2.81. The van der Waals surface area contributed by atoms with Crippen molar-refractivity contribution in [2.75, 3.05) is 13.1 Å². The van der Waals surface area contributed by atoms with Gasteiger partial charge in [-0.05, 0) is 31.9 Å². The summed E-state index contributed by atoms with van der Waals surface area (Å²) in [5.41, 5.74) is 0. The standard InChI is InChI=1S/C13H16FNO2/c1-10(13(16)15-7-2-3-8-15)17-12-6-4-5-11(14)9-12/h4-6,9-10H,2-3,7-8H2,1H3/t10-/m1/s1. The van der Waals surface area contributed by atoms with Crippen LogP contribution in [0.5, 0.6) is 5.75 Å². The van der Waals surface area contributed by atoms with Crippen LogP contribution in [0.2, 0.25) is 0 Å². The van der Waals surface area contributed by atoms with Gasteiger partial charge in [-0.1, -0.05) is 6.07 Å². The SMILES string of the molecule is C[C@@H](Oc1cccc(F)c1)C(=O)N1CCCC1. The highest BCUT2D eigenvalue weighted by atomic mass is 19.1. The number of carbonyl (C=O) groups excluding carboxylic acids is 1. The minimum atomic E-state index is -0.560. The second-order valence-electron chi connectivity index (χ2n) is 4.25. The zero-order valence-corrected chi connectivity index (χ0v) is 9.86. The molecule has 2 rings (SSSR count). The molecule has 1 aliphatic heterocycles. The van der Waals surface area contributed by atoms with Gasteiger partial charge in [-0.15, -0.1) is 0 Å². The van der Waals surface area contributed by atoms with Crippen LogP contribution in [0.4, 0.5) is 4.39 Å². The van der Waals surface area contributed by atoms with Crippen LogP contribution in [-0.4, -0.2) is 30.0 Å². The molecule has 1 amide bonds. The Bertz CT molecular complexity index is 402. The highest BCUT2D eigenvalue weighted by molar-refractivity contribution is 5.81. The normalized spacial score (nSPS) is 16.9. The Labute approximate surface area is 100 Å². The molecule has 0 N–H and O–H groups in total. The fourth-order valence-corrected chi connectivity index (χ4v) is 1.99. The summed E-state index contributed by atoms with van der Waals surface area (Å²) in [5, 5.41) is 0. The number of likely N-dealkylation sites (tertiary alicyclic amines) is 1. The van der Waals surface area contributed by atoms with Gasteiger partial charge < -0.3 is 9.64 Å². The van der Waals surface area contributed by atoms with Crippen LogP contribution >= 0.6 is 0 Å². The van der Waals surface area contributed by atoms with Crippen molar-refractivity contribution in [1.29, 1.82) is 0 Å². The number of rotatable bonds is 3. The van der Waals surface area contributed by atoms with Gasteiger partial charge in [0, 0.05) is 19.2 Å². The fraction of sp³-hybridized carbons (Fsp3) is 0.462. The third kappa shape index (κ3) is 2.96. The summed E-state index contributed by atoms with van der Waals surface area (Å²) in [6, 6.07) is 5.85. The molecule has 92 valence electrons. The fourth-order valence-electron chi connectivity index (χ4n) is 1.99. The summed E-state index contributed by atoms with van der Waals surface area (Å²) in [6.07, 6.45) is 1.55. The molecule has 1 aromatic rings. The average molecular weight is 237 g/mol. The van der Waals surface area contributed by atoms with E-state index in [1.807, 2.05) is 0 Å². The van der Waals surface area contributed by atoms with E-state index in [0.29, 0.717) is 5.75 Å². The van der Waals surface area contributed by atoms with Crippen LogP contribution in [0.15, 0.2) is 24.3 Å². The maximum Gasteiger partial charge on any atom is 0.263 e. The molecule has 0 saturated carbocycles. The molecule has 1 aliphatic rings. The molecule has 0 aromatic heterocycles. The van der Waals surface area contributed by atoms with Gasteiger partial charge in [0.1, 0.15) is 11.6 Å².